The van der Waals surface area contributed by atoms with Crippen LogP contribution in [0.5, 0.6) is 11.5 Å². The SMILES string of the molecule is Cc1ccc(Oc2ccc([N+](=O)[O-])c(CO)c2)cc1C. The molecule has 5 nitrogen and oxygen atoms in total. The molecule has 2 aromatic carbocycles. The van der Waals surface area contributed by atoms with Crippen LogP contribution in [0.15, 0.2) is 36.4 Å². The van der Waals surface area contributed by atoms with Crippen molar-refractivity contribution in [3.8, 4) is 11.5 Å². The summed E-state index contributed by atoms with van der Waals surface area (Å²) in [5.41, 5.74) is 2.39. The van der Waals surface area contributed by atoms with Crippen molar-refractivity contribution in [1.82, 2.24) is 0 Å². The molecular weight excluding hydrogens is 258 g/mol. The summed E-state index contributed by atoms with van der Waals surface area (Å²) in [4.78, 5) is 10.3. The van der Waals surface area contributed by atoms with Crippen LogP contribution in [0.4, 0.5) is 5.69 Å². The summed E-state index contributed by atoms with van der Waals surface area (Å²) in [7, 11) is 0. The number of rotatable bonds is 4. The predicted molar refractivity (Wildman–Crippen MR) is 75.0 cm³/mol. The number of ether oxygens (including phenoxy) is 1. The summed E-state index contributed by atoms with van der Waals surface area (Å²) in [6.07, 6.45) is 0. The van der Waals surface area contributed by atoms with Crippen molar-refractivity contribution in [3.05, 3.63) is 63.2 Å². The van der Waals surface area contributed by atoms with Crippen molar-refractivity contribution in [2.75, 3.05) is 0 Å². The van der Waals surface area contributed by atoms with Crippen LogP contribution < -0.4 is 4.74 Å². The lowest BCUT2D eigenvalue weighted by Crippen LogP contribution is -1.96. The maximum atomic E-state index is 10.8. The molecular formula is C15H15NO4. The molecule has 0 bridgehead atoms. The third-order valence-corrected chi connectivity index (χ3v) is 3.13. The lowest BCUT2D eigenvalue weighted by molar-refractivity contribution is -0.385. The summed E-state index contributed by atoms with van der Waals surface area (Å²) in [6, 6.07) is 10.0. The van der Waals surface area contributed by atoms with Crippen LogP contribution in [0.25, 0.3) is 0 Å². The van der Waals surface area contributed by atoms with Crippen molar-refractivity contribution in [1.29, 1.82) is 0 Å². The molecule has 0 saturated heterocycles. The zero-order chi connectivity index (χ0) is 14.7. The molecule has 0 heterocycles. The summed E-state index contributed by atoms with van der Waals surface area (Å²) < 4.78 is 5.66. The maximum absolute atomic E-state index is 10.8. The van der Waals surface area contributed by atoms with E-state index in [1.807, 2.05) is 32.0 Å². The fraction of sp³-hybridized carbons (Fsp3) is 0.200. The molecule has 2 aromatic rings. The Balaban J connectivity index is 2.29. The minimum absolute atomic E-state index is 0.111. The van der Waals surface area contributed by atoms with Gasteiger partial charge < -0.3 is 9.84 Å². The van der Waals surface area contributed by atoms with Gasteiger partial charge in [-0.15, -0.1) is 0 Å². The number of hydrogen-bond donors (Lipinski definition) is 1. The van der Waals surface area contributed by atoms with Crippen molar-refractivity contribution in [3.63, 3.8) is 0 Å². The van der Waals surface area contributed by atoms with Crippen LogP contribution in [0.2, 0.25) is 0 Å². The molecule has 0 aliphatic heterocycles. The van der Waals surface area contributed by atoms with Gasteiger partial charge in [-0.05, 0) is 49.2 Å². The van der Waals surface area contributed by atoms with E-state index in [1.165, 1.54) is 18.2 Å². The number of hydrogen-bond acceptors (Lipinski definition) is 4. The Hall–Kier alpha value is -2.40. The highest BCUT2D eigenvalue weighted by atomic mass is 16.6. The van der Waals surface area contributed by atoms with E-state index in [2.05, 4.69) is 0 Å². The fourth-order valence-electron chi connectivity index (χ4n) is 1.84. The van der Waals surface area contributed by atoms with Gasteiger partial charge in [0.15, 0.2) is 0 Å². The predicted octanol–water partition coefficient (Wildman–Crippen LogP) is 3.50. The molecule has 0 aliphatic rings. The molecule has 104 valence electrons. The molecule has 0 fully saturated rings. The van der Waals surface area contributed by atoms with Crippen molar-refractivity contribution in [2.45, 2.75) is 20.5 Å². The standard InChI is InChI=1S/C15H15NO4/c1-10-3-4-13(7-11(10)2)20-14-5-6-15(16(18)19)12(8-14)9-17/h3-8,17H,9H2,1-2H3. The van der Waals surface area contributed by atoms with Gasteiger partial charge in [0.2, 0.25) is 0 Å². The van der Waals surface area contributed by atoms with Crippen LogP contribution in [0.3, 0.4) is 0 Å². The van der Waals surface area contributed by atoms with Gasteiger partial charge in [-0.2, -0.15) is 0 Å². The average Bonchev–Trinajstić information content (AvgIpc) is 2.42. The summed E-state index contributed by atoms with van der Waals surface area (Å²) in [5.74, 6) is 1.12. The van der Waals surface area contributed by atoms with Gasteiger partial charge >= 0.3 is 0 Å². The minimum Gasteiger partial charge on any atom is -0.457 e. The summed E-state index contributed by atoms with van der Waals surface area (Å²) in [6.45, 7) is 3.59. The average molecular weight is 273 g/mol. The highest BCUT2D eigenvalue weighted by Crippen LogP contribution is 2.28. The number of benzene rings is 2. The molecule has 0 radical (unpaired) electrons. The number of aryl methyl sites for hydroxylation is 2. The smallest absolute Gasteiger partial charge is 0.275 e. The van der Waals surface area contributed by atoms with Crippen molar-refractivity contribution < 1.29 is 14.8 Å². The summed E-state index contributed by atoms with van der Waals surface area (Å²) in [5, 5.41) is 20.0. The van der Waals surface area contributed by atoms with Crippen LogP contribution >= 0.6 is 0 Å². The monoisotopic (exact) mass is 273 g/mol. The highest BCUT2D eigenvalue weighted by Gasteiger charge is 2.14. The second kappa shape index (κ2) is 5.71. The van der Waals surface area contributed by atoms with E-state index in [4.69, 9.17) is 4.74 Å². The van der Waals surface area contributed by atoms with Gasteiger partial charge in [0.05, 0.1) is 17.1 Å². The topological polar surface area (TPSA) is 72.6 Å². The molecule has 1 N–H and O–H groups in total. The minimum atomic E-state index is -0.522. The third-order valence-electron chi connectivity index (χ3n) is 3.13. The first-order chi connectivity index (χ1) is 9.51. The zero-order valence-corrected chi connectivity index (χ0v) is 11.3. The Morgan fingerprint density at radius 2 is 1.75 bits per heavy atom. The van der Waals surface area contributed by atoms with E-state index in [0.29, 0.717) is 11.5 Å². The Morgan fingerprint density at radius 3 is 2.35 bits per heavy atom. The number of nitro benzene ring substituents is 1. The summed E-state index contributed by atoms with van der Waals surface area (Å²) >= 11 is 0. The molecule has 20 heavy (non-hydrogen) atoms. The van der Waals surface area contributed by atoms with E-state index >= 15 is 0 Å². The van der Waals surface area contributed by atoms with Gasteiger partial charge in [-0.3, -0.25) is 10.1 Å². The van der Waals surface area contributed by atoms with Gasteiger partial charge in [0.1, 0.15) is 11.5 Å². The number of nitrogens with zero attached hydrogens (tertiary/aromatic N) is 1. The molecule has 5 heteroatoms. The van der Waals surface area contributed by atoms with Gasteiger partial charge in [-0.1, -0.05) is 6.07 Å². The fourth-order valence-corrected chi connectivity index (χ4v) is 1.84. The Labute approximate surface area is 116 Å². The third kappa shape index (κ3) is 2.95. The lowest BCUT2D eigenvalue weighted by atomic mass is 10.1. The van der Waals surface area contributed by atoms with Crippen LogP contribution in [0.1, 0.15) is 16.7 Å². The first-order valence-corrected chi connectivity index (χ1v) is 6.14. The lowest BCUT2D eigenvalue weighted by Gasteiger charge is -2.09. The van der Waals surface area contributed by atoms with Gasteiger partial charge in [-0.25, -0.2) is 0 Å². The van der Waals surface area contributed by atoms with E-state index < -0.39 is 11.5 Å². The maximum Gasteiger partial charge on any atom is 0.275 e. The molecule has 0 aliphatic carbocycles. The number of nitro groups is 1. The van der Waals surface area contributed by atoms with Gasteiger partial charge in [0, 0.05) is 6.07 Å². The largest absolute Gasteiger partial charge is 0.457 e. The molecule has 0 aromatic heterocycles. The van der Waals surface area contributed by atoms with Gasteiger partial charge in [0.25, 0.3) is 5.69 Å². The first-order valence-electron chi connectivity index (χ1n) is 6.14. The second-order valence-corrected chi connectivity index (χ2v) is 4.55. The molecule has 2 rings (SSSR count). The van der Waals surface area contributed by atoms with E-state index in [0.717, 1.165) is 11.1 Å². The van der Waals surface area contributed by atoms with E-state index in [1.54, 1.807) is 0 Å². The Morgan fingerprint density at radius 1 is 1.10 bits per heavy atom. The molecule has 0 atom stereocenters. The zero-order valence-electron chi connectivity index (χ0n) is 11.3. The molecule has 0 spiro atoms. The van der Waals surface area contributed by atoms with Crippen LogP contribution in [-0.4, -0.2) is 10.0 Å². The Kier molecular flexibility index (Phi) is 4.00. The normalized spacial score (nSPS) is 10.3. The molecule has 0 saturated carbocycles. The first kappa shape index (κ1) is 14.0. The quantitative estimate of drug-likeness (QED) is 0.683. The van der Waals surface area contributed by atoms with Crippen molar-refractivity contribution in [2.24, 2.45) is 0 Å². The number of aliphatic hydroxyl groups is 1. The van der Waals surface area contributed by atoms with E-state index in [-0.39, 0.29) is 11.3 Å². The van der Waals surface area contributed by atoms with Crippen LogP contribution in [-0.2, 0) is 6.61 Å². The molecule has 0 amide bonds. The Bertz CT molecular complexity index is 652. The second-order valence-electron chi connectivity index (χ2n) is 4.55. The van der Waals surface area contributed by atoms with E-state index in [9.17, 15) is 15.2 Å². The molecule has 0 unspecified atom stereocenters. The van der Waals surface area contributed by atoms with Crippen LogP contribution in [0, 0.1) is 24.0 Å². The van der Waals surface area contributed by atoms with Crippen molar-refractivity contribution >= 4 is 5.69 Å². The highest BCUT2D eigenvalue weighted by molar-refractivity contribution is 5.46. The number of aliphatic hydroxyl groups excluding tert-OH is 1.